The number of nitrogens with one attached hydrogen (secondary N) is 3. The van der Waals surface area contributed by atoms with Crippen LogP contribution in [0.15, 0.2) is 48.8 Å². The number of rotatable bonds is 6. The highest BCUT2D eigenvalue weighted by Crippen LogP contribution is 2.17. The summed E-state index contributed by atoms with van der Waals surface area (Å²) in [6.45, 7) is 0.470. The predicted octanol–water partition coefficient (Wildman–Crippen LogP) is 1.39. The van der Waals surface area contributed by atoms with E-state index >= 15 is 0 Å². The summed E-state index contributed by atoms with van der Waals surface area (Å²) >= 11 is 0. The van der Waals surface area contributed by atoms with Gasteiger partial charge >= 0.3 is 0 Å². The second-order valence-corrected chi connectivity index (χ2v) is 5.29. The van der Waals surface area contributed by atoms with Crippen molar-refractivity contribution in [3.63, 3.8) is 0 Å². The Balaban J connectivity index is 1.63. The maximum Gasteiger partial charge on any atom is 0.251 e. The summed E-state index contributed by atoms with van der Waals surface area (Å²) in [5.74, 6) is -0.904. The molecule has 0 aliphatic heterocycles. The molecule has 2 amide bonds. The van der Waals surface area contributed by atoms with Gasteiger partial charge in [-0.2, -0.15) is 0 Å². The highest BCUT2D eigenvalue weighted by Gasteiger charge is 2.07. The third-order valence-corrected chi connectivity index (χ3v) is 3.60. The molecule has 0 bridgehead atoms. The van der Waals surface area contributed by atoms with Crippen LogP contribution in [0.25, 0.3) is 11.0 Å². The quantitative estimate of drug-likeness (QED) is 0.549. The van der Waals surface area contributed by atoms with E-state index < -0.39 is 5.91 Å². The lowest BCUT2D eigenvalue weighted by atomic mass is 10.1. The Labute approximate surface area is 138 Å². The lowest BCUT2D eigenvalue weighted by molar-refractivity contribution is -0.117. The van der Waals surface area contributed by atoms with E-state index in [0.717, 1.165) is 22.3 Å². The van der Waals surface area contributed by atoms with Gasteiger partial charge in [0.15, 0.2) is 0 Å². The van der Waals surface area contributed by atoms with Gasteiger partial charge in [-0.3, -0.25) is 9.59 Å². The summed E-state index contributed by atoms with van der Waals surface area (Å²) in [5.41, 5.74) is 8.35. The first-order chi connectivity index (χ1) is 11.6. The Hall–Kier alpha value is -3.35. The molecule has 0 aliphatic carbocycles. The largest absolute Gasteiger partial charge is 0.381 e. The van der Waals surface area contributed by atoms with Crippen LogP contribution in [0.1, 0.15) is 15.9 Å². The van der Waals surface area contributed by atoms with Crippen LogP contribution in [0.3, 0.4) is 0 Å². The van der Waals surface area contributed by atoms with E-state index in [4.69, 9.17) is 5.73 Å². The predicted molar refractivity (Wildman–Crippen MR) is 91.4 cm³/mol. The maximum atomic E-state index is 11.8. The van der Waals surface area contributed by atoms with Gasteiger partial charge in [0.25, 0.3) is 5.91 Å². The molecular formula is C17H17N5O2. The Morgan fingerprint density at radius 3 is 2.67 bits per heavy atom. The number of carbonyl (C=O) groups excluding carboxylic acids is 2. The van der Waals surface area contributed by atoms with E-state index in [9.17, 15) is 9.59 Å². The average molecular weight is 323 g/mol. The topological polar surface area (TPSA) is 113 Å². The standard InChI is InChI=1S/C17H17N5O2/c18-15(23)10-22-17(24)11-1-3-13(4-2-11)21-9-12-5-7-19-16-14(12)6-8-20-16/h1-8,21H,9-10H2,(H2,18,23)(H,19,20)(H,22,24). The van der Waals surface area contributed by atoms with Crippen molar-refractivity contribution in [3.05, 3.63) is 59.9 Å². The third-order valence-electron chi connectivity index (χ3n) is 3.60. The van der Waals surface area contributed by atoms with Crippen LogP contribution in [0, 0.1) is 0 Å². The van der Waals surface area contributed by atoms with Crippen LogP contribution < -0.4 is 16.4 Å². The number of aromatic nitrogens is 2. The highest BCUT2D eigenvalue weighted by molar-refractivity contribution is 5.96. The number of hydrogen-bond acceptors (Lipinski definition) is 4. The van der Waals surface area contributed by atoms with E-state index in [1.54, 1.807) is 18.3 Å². The molecule has 0 aliphatic rings. The average Bonchev–Trinajstić information content (AvgIpc) is 3.07. The van der Waals surface area contributed by atoms with Gasteiger partial charge in [0.05, 0.1) is 6.54 Å². The molecule has 0 saturated heterocycles. The molecule has 7 nitrogen and oxygen atoms in total. The Morgan fingerprint density at radius 2 is 1.92 bits per heavy atom. The number of pyridine rings is 1. The van der Waals surface area contributed by atoms with Crippen molar-refractivity contribution < 1.29 is 9.59 Å². The zero-order valence-electron chi connectivity index (χ0n) is 12.9. The number of anilines is 1. The highest BCUT2D eigenvalue weighted by atomic mass is 16.2. The molecule has 0 radical (unpaired) electrons. The number of amides is 2. The number of nitrogens with zero attached hydrogens (tertiary/aromatic N) is 1. The molecule has 122 valence electrons. The van der Waals surface area contributed by atoms with Crippen molar-refractivity contribution in [1.82, 2.24) is 15.3 Å². The zero-order valence-corrected chi connectivity index (χ0v) is 12.9. The molecule has 1 aromatic carbocycles. The minimum absolute atomic E-state index is 0.173. The van der Waals surface area contributed by atoms with Crippen LogP contribution in [0.4, 0.5) is 5.69 Å². The fourth-order valence-corrected chi connectivity index (χ4v) is 2.38. The summed E-state index contributed by atoms with van der Waals surface area (Å²) < 4.78 is 0. The SMILES string of the molecule is NC(=O)CNC(=O)c1ccc(NCc2ccnc3[nH]ccc23)cc1. The van der Waals surface area contributed by atoms with Crippen LogP contribution in [-0.4, -0.2) is 28.3 Å². The summed E-state index contributed by atoms with van der Waals surface area (Å²) in [4.78, 5) is 29.8. The van der Waals surface area contributed by atoms with Crippen molar-refractivity contribution in [2.24, 2.45) is 5.73 Å². The molecule has 3 rings (SSSR count). The van der Waals surface area contributed by atoms with Gasteiger partial charge < -0.3 is 21.4 Å². The van der Waals surface area contributed by atoms with Crippen LogP contribution >= 0.6 is 0 Å². The first-order valence-corrected chi connectivity index (χ1v) is 7.45. The molecule has 3 aromatic rings. The lowest BCUT2D eigenvalue weighted by Gasteiger charge is -2.08. The molecular weight excluding hydrogens is 306 g/mol. The number of fused-ring (bicyclic) bond motifs is 1. The first-order valence-electron chi connectivity index (χ1n) is 7.45. The molecule has 0 unspecified atom stereocenters. The third kappa shape index (κ3) is 3.52. The van der Waals surface area contributed by atoms with E-state index in [-0.39, 0.29) is 12.5 Å². The summed E-state index contributed by atoms with van der Waals surface area (Å²) in [7, 11) is 0. The molecule has 0 fully saturated rings. The summed E-state index contributed by atoms with van der Waals surface area (Å²) in [5, 5.41) is 6.84. The zero-order chi connectivity index (χ0) is 16.9. The van der Waals surface area contributed by atoms with Crippen molar-refractivity contribution in [1.29, 1.82) is 0 Å². The van der Waals surface area contributed by atoms with Crippen LogP contribution in [0.2, 0.25) is 0 Å². The van der Waals surface area contributed by atoms with Crippen molar-refractivity contribution in [2.45, 2.75) is 6.54 Å². The van der Waals surface area contributed by atoms with Gasteiger partial charge in [-0.25, -0.2) is 4.98 Å². The fourth-order valence-electron chi connectivity index (χ4n) is 2.38. The smallest absolute Gasteiger partial charge is 0.251 e. The number of benzene rings is 1. The molecule has 24 heavy (non-hydrogen) atoms. The molecule has 0 saturated carbocycles. The molecule has 2 aromatic heterocycles. The van der Waals surface area contributed by atoms with E-state index in [1.165, 1.54) is 0 Å². The van der Waals surface area contributed by atoms with Crippen LogP contribution in [0.5, 0.6) is 0 Å². The number of primary amides is 1. The second-order valence-electron chi connectivity index (χ2n) is 5.29. The van der Waals surface area contributed by atoms with Gasteiger partial charge in [-0.1, -0.05) is 0 Å². The van der Waals surface area contributed by atoms with Crippen LogP contribution in [-0.2, 0) is 11.3 Å². The Morgan fingerprint density at radius 1 is 1.12 bits per heavy atom. The first kappa shape index (κ1) is 15.5. The van der Waals surface area contributed by atoms with E-state index in [1.807, 2.05) is 30.5 Å². The molecule has 0 spiro atoms. The Kier molecular flexibility index (Phi) is 4.42. The molecule has 0 atom stereocenters. The summed E-state index contributed by atoms with van der Waals surface area (Å²) in [6, 6.07) is 11.0. The van der Waals surface area contributed by atoms with Gasteiger partial charge in [0.1, 0.15) is 5.65 Å². The van der Waals surface area contributed by atoms with Gasteiger partial charge in [-0.05, 0) is 42.0 Å². The normalized spacial score (nSPS) is 10.5. The maximum absolute atomic E-state index is 11.8. The van der Waals surface area contributed by atoms with Crippen molar-refractivity contribution in [3.8, 4) is 0 Å². The van der Waals surface area contributed by atoms with Crippen molar-refractivity contribution in [2.75, 3.05) is 11.9 Å². The van der Waals surface area contributed by atoms with Gasteiger partial charge in [0, 0.05) is 35.6 Å². The number of H-pyrrole nitrogens is 1. The lowest BCUT2D eigenvalue weighted by Crippen LogP contribution is -2.33. The molecule has 7 heteroatoms. The van der Waals surface area contributed by atoms with Crippen molar-refractivity contribution >= 4 is 28.5 Å². The van der Waals surface area contributed by atoms with E-state index in [0.29, 0.717) is 12.1 Å². The number of carbonyl (C=O) groups is 2. The second kappa shape index (κ2) is 6.82. The fraction of sp³-hybridized carbons (Fsp3) is 0.118. The molecule has 2 heterocycles. The number of nitrogens with two attached hydrogens (primary N) is 1. The summed E-state index contributed by atoms with van der Waals surface area (Å²) in [6.07, 6.45) is 3.63. The number of hydrogen-bond donors (Lipinski definition) is 4. The molecule has 5 N–H and O–H groups in total. The Bertz CT molecular complexity index is 870. The number of aromatic amines is 1. The monoisotopic (exact) mass is 323 g/mol. The van der Waals surface area contributed by atoms with E-state index in [2.05, 4.69) is 20.6 Å². The minimum Gasteiger partial charge on any atom is -0.381 e. The van der Waals surface area contributed by atoms with Gasteiger partial charge in [-0.15, -0.1) is 0 Å². The minimum atomic E-state index is -0.574. The van der Waals surface area contributed by atoms with Gasteiger partial charge in [0.2, 0.25) is 5.91 Å².